The fourth-order valence-electron chi connectivity index (χ4n) is 2.32. The molecule has 1 nitrogen and oxygen atoms in total. The molecular formula is C22H18O. The summed E-state index contributed by atoms with van der Waals surface area (Å²) in [6.07, 6.45) is 8.05. The van der Waals surface area contributed by atoms with E-state index >= 15 is 0 Å². The Hall–Kier alpha value is -3.06. The van der Waals surface area contributed by atoms with E-state index in [1.165, 1.54) is 0 Å². The van der Waals surface area contributed by atoms with Crippen molar-refractivity contribution in [3.05, 3.63) is 101 Å². The Balaban J connectivity index is 1.82. The second kappa shape index (κ2) is 7.28. The molecule has 0 radical (unpaired) electrons. The number of rotatable bonds is 4. The molecule has 0 unspecified atom stereocenters. The third-order valence-corrected chi connectivity index (χ3v) is 3.57. The van der Waals surface area contributed by atoms with Crippen LogP contribution in [0.15, 0.2) is 78.9 Å². The van der Waals surface area contributed by atoms with Gasteiger partial charge in [-0.15, -0.1) is 0 Å². The van der Waals surface area contributed by atoms with Crippen LogP contribution in [-0.2, 0) is 0 Å². The van der Waals surface area contributed by atoms with Crippen LogP contribution in [0.1, 0.15) is 22.3 Å². The lowest BCUT2D eigenvalue weighted by molar-refractivity contribution is 0.474. The zero-order chi connectivity index (χ0) is 15.9. The van der Waals surface area contributed by atoms with Gasteiger partial charge < -0.3 is 5.11 Å². The topological polar surface area (TPSA) is 20.2 Å². The van der Waals surface area contributed by atoms with E-state index in [9.17, 15) is 5.11 Å². The van der Waals surface area contributed by atoms with Gasteiger partial charge in [-0.1, -0.05) is 91.0 Å². The summed E-state index contributed by atoms with van der Waals surface area (Å²) < 4.78 is 0. The third kappa shape index (κ3) is 4.21. The van der Waals surface area contributed by atoms with Crippen molar-refractivity contribution in [1.29, 1.82) is 0 Å². The summed E-state index contributed by atoms with van der Waals surface area (Å²) >= 11 is 0. The molecule has 0 amide bonds. The molecule has 0 saturated carbocycles. The molecule has 3 aromatic rings. The molecule has 0 atom stereocenters. The number of aromatic hydroxyl groups is 1. The quantitative estimate of drug-likeness (QED) is 0.609. The van der Waals surface area contributed by atoms with Gasteiger partial charge in [0, 0.05) is 5.56 Å². The van der Waals surface area contributed by atoms with E-state index in [1.807, 2.05) is 72.8 Å². The van der Waals surface area contributed by atoms with Gasteiger partial charge in [0.2, 0.25) is 0 Å². The highest BCUT2D eigenvalue weighted by Gasteiger charge is 1.98. The van der Waals surface area contributed by atoms with Gasteiger partial charge in [0.1, 0.15) is 5.75 Å². The third-order valence-electron chi connectivity index (χ3n) is 3.57. The maximum atomic E-state index is 10.0. The van der Waals surface area contributed by atoms with Crippen LogP contribution in [0.4, 0.5) is 0 Å². The first kappa shape index (κ1) is 14.9. The molecule has 0 aromatic heterocycles. The van der Waals surface area contributed by atoms with E-state index in [1.54, 1.807) is 6.07 Å². The second-order valence-electron chi connectivity index (χ2n) is 5.31. The molecular weight excluding hydrogens is 280 g/mol. The van der Waals surface area contributed by atoms with Crippen LogP contribution >= 0.6 is 0 Å². The van der Waals surface area contributed by atoms with Gasteiger partial charge in [0.15, 0.2) is 0 Å². The zero-order valence-electron chi connectivity index (χ0n) is 12.8. The highest BCUT2D eigenvalue weighted by molar-refractivity contribution is 5.76. The Labute approximate surface area is 136 Å². The summed E-state index contributed by atoms with van der Waals surface area (Å²) in [7, 11) is 0. The van der Waals surface area contributed by atoms with Crippen LogP contribution in [-0.4, -0.2) is 5.11 Å². The average Bonchev–Trinajstić information content (AvgIpc) is 2.62. The molecule has 0 bridgehead atoms. The maximum absolute atomic E-state index is 10.0. The largest absolute Gasteiger partial charge is 0.507 e. The van der Waals surface area contributed by atoms with Gasteiger partial charge in [-0.05, 0) is 28.8 Å². The first-order valence-corrected chi connectivity index (χ1v) is 7.60. The minimum absolute atomic E-state index is 0.286. The Morgan fingerprint density at radius 3 is 1.65 bits per heavy atom. The first-order valence-electron chi connectivity index (χ1n) is 7.60. The van der Waals surface area contributed by atoms with E-state index in [0.717, 1.165) is 22.3 Å². The molecule has 3 rings (SSSR count). The van der Waals surface area contributed by atoms with Crippen molar-refractivity contribution in [3.8, 4) is 5.75 Å². The van der Waals surface area contributed by atoms with Gasteiger partial charge in [0.25, 0.3) is 0 Å². The second-order valence-corrected chi connectivity index (χ2v) is 5.31. The van der Waals surface area contributed by atoms with Gasteiger partial charge >= 0.3 is 0 Å². The van der Waals surface area contributed by atoms with Crippen LogP contribution in [0.3, 0.4) is 0 Å². The smallest absolute Gasteiger partial charge is 0.122 e. The van der Waals surface area contributed by atoms with Crippen LogP contribution in [0, 0.1) is 0 Å². The lowest BCUT2D eigenvalue weighted by atomic mass is 10.1. The van der Waals surface area contributed by atoms with E-state index < -0.39 is 0 Å². The van der Waals surface area contributed by atoms with Gasteiger partial charge in [-0.3, -0.25) is 0 Å². The zero-order valence-corrected chi connectivity index (χ0v) is 12.8. The molecule has 0 fully saturated rings. The summed E-state index contributed by atoms with van der Waals surface area (Å²) in [4.78, 5) is 0. The SMILES string of the molecule is Oc1ccc(/C=C/c2ccccc2)cc1/C=C/c1ccccc1. The minimum Gasteiger partial charge on any atom is -0.507 e. The highest BCUT2D eigenvalue weighted by atomic mass is 16.3. The lowest BCUT2D eigenvalue weighted by Crippen LogP contribution is -1.79. The molecule has 3 aromatic carbocycles. The van der Waals surface area contributed by atoms with Crippen LogP contribution in [0.2, 0.25) is 0 Å². The van der Waals surface area contributed by atoms with Gasteiger partial charge in [-0.25, -0.2) is 0 Å². The molecule has 1 N–H and O–H groups in total. The molecule has 0 spiro atoms. The van der Waals surface area contributed by atoms with Gasteiger partial charge in [-0.2, -0.15) is 0 Å². The Bertz CT molecular complexity index is 815. The first-order chi connectivity index (χ1) is 11.3. The predicted octanol–water partition coefficient (Wildman–Crippen LogP) is 5.73. The van der Waals surface area contributed by atoms with Crippen molar-refractivity contribution >= 4 is 24.3 Å². The molecule has 0 aliphatic rings. The van der Waals surface area contributed by atoms with Crippen LogP contribution in [0.5, 0.6) is 5.75 Å². The molecule has 0 aliphatic heterocycles. The van der Waals surface area contributed by atoms with Crippen molar-refractivity contribution in [2.45, 2.75) is 0 Å². The lowest BCUT2D eigenvalue weighted by Gasteiger charge is -2.02. The van der Waals surface area contributed by atoms with Crippen LogP contribution in [0.25, 0.3) is 24.3 Å². The van der Waals surface area contributed by atoms with Crippen molar-refractivity contribution in [3.63, 3.8) is 0 Å². The summed E-state index contributed by atoms with van der Waals surface area (Å²) in [6.45, 7) is 0. The number of phenols is 1. The average molecular weight is 298 g/mol. The number of benzene rings is 3. The molecule has 1 heteroatoms. The van der Waals surface area contributed by atoms with Crippen molar-refractivity contribution in [1.82, 2.24) is 0 Å². The Kier molecular flexibility index (Phi) is 4.70. The molecule has 0 saturated heterocycles. The number of phenolic OH excluding ortho intramolecular Hbond substituents is 1. The molecule has 23 heavy (non-hydrogen) atoms. The number of hydrogen-bond donors (Lipinski definition) is 1. The number of hydrogen-bond acceptors (Lipinski definition) is 1. The molecule has 0 aliphatic carbocycles. The minimum atomic E-state index is 0.286. The summed E-state index contributed by atoms with van der Waals surface area (Å²) in [5.41, 5.74) is 4.13. The monoisotopic (exact) mass is 298 g/mol. The van der Waals surface area contributed by atoms with Crippen LogP contribution < -0.4 is 0 Å². The van der Waals surface area contributed by atoms with Crippen molar-refractivity contribution in [2.24, 2.45) is 0 Å². The highest BCUT2D eigenvalue weighted by Crippen LogP contribution is 2.22. The van der Waals surface area contributed by atoms with Gasteiger partial charge in [0.05, 0.1) is 0 Å². The maximum Gasteiger partial charge on any atom is 0.122 e. The summed E-state index contributed by atoms with van der Waals surface area (Å²) in [6, 6.07) is 25.8. The normalized spacial score (nSPS) is 11.3. The standard InChI is InChI=1S/C22H18O/c23-22-16-14-20(12-11-18-7-3-1-4-8-18)17-21(22)15-13-19-9-5-2-6-10-19/h1-17,23H/b12-11+,15-13+. The molecule has 0 heterocycles. The predicted molar refractivity (Wildman–Crippen MR) is 98.8 cm³/mol. The fourth-order valence-corrected chi connectivity index (χ4v) is 2.32. The Morgan fingerprint density at radius 1 is 0.522 bits per heavy atom. The van der Waals surface area contributed by atoms with E-state index in [0.29, 0.717) is 0 Å². The summed E-state index contributed by atoms with van der Waals surface area (Å²) in [5.74, 6) is 0.286. The van der Waals surface area contributed by atoms with E-state index in [-0.39, 0.29) is 5.75 Å². The van der Waals surface area contributed by atoms with Crippen molar-refractivity contribution < 1.29 is 5.11 Å². The van der Waals surface area contributed by atoms with E-state index in [2.05, 4.69) is 24.3 Å². The van der Waals surface area contributed by atoms with Crippen molar-refractivity contribution in [2.75, 3.05) is 0 Å². The Morgan fingerprint density at radius 2 is 1.04 bits per heavy atom. The van der Waals surface area contributed by atoms with E-state index in [4.69, 9.17) is 0 Å². The fraction of sp³-hybridized carbons (Fsp3) is 0. The summed E-state index contributed by atoms with van der Waals surface area (Å²) in [5, 5.41) is 10.0. The molecule has 112 valence electrons.